The van der Waals surface area contributed by atoms with E-state index in [0.29, 0.717) is 16.4 Å². The van der Waals surface area contributed by atoms with Crippen molar-refractivity contribution in [2.75, 3.05) is 16.8 Å². The van der Waals surface area contributed by atoms with Crippen molar-refractivity contribution in [1.29, 1.82) is 0 Å². The second-order valence-corrected chi connectivity index (χ2v) is 6.75. The van der Waals surface area contributed by atoms with Gasteiger partial charge in [-0.25, -0.2) is 4.79 Å². The number of anilines is 2. The number of amides is 3. The number of urea groups is 1. The van der Waals surface area contributed by atoms with Crippen molar-refractivity contribution < 1.29 is 19.5 Å². The topological polar surface area (TPSA) is 98.7 Å². The summed E-state index contributed by atoms with van der Waals surface area (Å²) in [6, 6.07) is 11.3. The molecule has 27 heavy (non-hydrogen) atoms. The molecule has 9 heteroatoms. The maximum atomic E-state index is 12.7. The third kappa shape index (κ3) is 4.15. The van der Waals surface area contributed by atoms with Gasteiger partial charge in [0.1, 0.15) is 12.0 Å². The van der Waals surface area contributed by atoms with Crippen LogP contribution in [0.5, 0.6) is 0 Å². The molecule has 0 radical (unpaired) electrons. The number of halogens is 2. The summed E-state index contributed by atoms with van der Waals surface area (Å²) >= 11 is 11.7. The maximum Gasteiger partial charge on any atom is 0.319 e. The number of aliphatic carboxylic acids is 1. The quantitative estimate of drug-likeness (QED) is 0.724. The van der Waals surface area contributed by atoms with Crippen LogP contribution in [0, 0.1) is 5.92 Å². The summed E-state index contributed by atoms with van der Waals surface area (Å²) in [6.45, 7) is -0.0318. The van der Waals surface area contributed by atoms with Crippen molar-refractivity contribution in [3.63, 3.8) is 0 Å². The van der Waals surface area contributed by atoms with Crippen LogP contribution in [-0.4, -0.2) is 35.6 Å². The molecule has 2 aromatic rings. The fraction of sp³-hybridized carbons (Fsp3) is 0.167. The monoisotopic (exact) mass is 407 g/mol. The van der Waals surface area contributed by atoms with Crippen LogP contribution in [0.25, 0.3) is 0 Å². The highest BCUT2D eigenvalue weighted by atomic mass is 35.5. The van der Waals surface area contributed by atoms with Crippen molar-refractivity contribution in [3.05, 3.63) is 58.6 Å². The third-order valence-corrected chi connectivity index (χ3v) is 4.90. The van der Waals surface area contributed by atoms with Gasteiger partial charge in [-0.1, -0.05) is 41.4 Å². The molecule has 1 fully saturated rings. The summed E-state index contributed by atoms with van der Waals surface area (Å²) < 4.78 is 0. The molecule has 0 bridgehead atoms. The molecule has 0 aliphatic carbocycles. The number of carbonyl (C=O) groups is 3. The summed E-state index contributed by atoms with van der Waals surface area (Å²) in [7, 11) is 0. The van der Waals surface area contributed by atoms with Crippen LogP contribution in [0.2, 0.25) is 10.0 Å². The number of para-hydroxylation sites is 1. The summed E-state index contributed by atoms with van der Waals surface area (Å²) in [5.41, 5.74) is 0.932. The number of carbonyl (C=O) groups excluding carboxylic acids is 2. The van der Waals surface area contributed by atoms with Gasteiger partial charge < -0.3 is 20.6 Å². The zero-order valence-corrected chi connectivity index (χ0v) is 15.4. The Labute approximate surface area is 164 Å². The maximum absolute atomic E-state index is 12.7. The number of rotatable bonds is 4. The molecule has 140 valence electrons. The van der Waals surface area contributed by atoms with Gasteiger partial charge in [-0.2, -0.15) is 0 Å². The van der Waals surface area contributed by atoms with Gasteiger partial charge in [-0.3, -0.25) is 9.59 Å². The van der Waals surface area contributed by atoms with Crippen molar-refractivity contribution in [2.24, 2.45) is 5.92 Å². The zero-order chi connectivity index (χ0) is 19.6. The molecule has 2 atom stereocenters. The normalized spacial score (nSPS) is 19.0. The molecular formula is C18H15Cl2N3O4. The van der Waals surface area contributed by atoms with Crippen LogP contribution in [-0.2, 0) is 9.59 Å². The highest BCUT2D eigenvalue weighted by Crippen LogP contribution is 2.27. The Morgan fingerprint density at radius 3 is 2.41 bits per heavy atom. The van der Waals surface area contributed by atoms with Gasteiger partial charge in [0, 0.05) is 17.9 Å². The van der Waals surface area contributed by atoms with E-state index in [2.05, 4.69) is 10.6 Å². The number of hydrogen-bond acceptors (Lipinski definition) is 3. The van der Waals surface area contributed by atoms with Gasteiger partial charge in [0.2, 0.25) is 0 Å². The molecule has 0 spiro atoms. The van der Waals surface area contributed by atoms with Crippen LogP contribution >= 0.6 is 23.2 Å². The Morgan fingerprint density at radius 2 is 1.78 bits per heavy atom. The molecule has 0 unspecified atom stereocenters. The average Bonchev–Trinajstić information content (AvgIpc) is 2.96. The molecule has 0 aromatic heterocycles. The Kier molecular flexibility index (Phi) is 5.53. The van der Waals surface area contributed by atoms with E-state index >= 15 is 0 Å². The molecule has 3 amide bonds. The van der Waals surface area contributed by atoms with E-state index in [-0.39, 0.29) is 11.6 Å². The van der Waals surface area contributed by atoms with E-state index in [1.807, 2.05) is 0 Å². The fourth-order valence-electron chi connectivity index (χ4n) is 2.84. The molecule has 2 aromatic carbocycles. The van der Waals surface area contributed by atoms with E-state index in [0.717, 1.165) is 0 Å². The fourth-order valence-corrected chi connectivity index (χ4v) is 3.14. The summed E-state index contributed by atoms with van der Waals surface area (Å²) in [5, 5.41) is 15.0. The van der Waals surface area contributed by atoms with Gasteiger partial charge >= 0.3 is 12.0 Å². The zero-order valence-electron chi connectivity index (χ0n) is 13.9. The van der Waals surface area contributed by atoms with E-state index in [1.54, 1.807) is 30.3 Å². The number of nitrogens with zero attached hydrogens (tertiary/aromatic N) is 1. The molecule has 7 nitrogen and oxygen atoms in total. The molecule has 1 aliphatic heterocycles. The third-order valence-electron chi connectivity index (χ3n) is 4.16. The van der Waals surface area contributed by atoms with E-state index in [4.69, 9.17) is 23.2 Å². The highest BCUT2D eigenvalue weighted by Gasteiger charge is 2.45. The summed E-state index contributed by atoms with van der Waals surface area (Å²) in [6.07, 6.45) is 0. The largest absolute Gasteiger partial charge is 0.481 e. The van der Waals surface area contributed by atoms with Gasteiger partial charge in [0.05, 0.1) is 10.0 Å². The Bertz CT molecular complexity index is 891. The van der Waals surface area contributed by atoms with Crippen molar-refractivity contribution in [2.45, 2.75) is 6.04 Å². The van der Waals surface area contributed by atoms with E-state index < -0.39 is 29.9 Å². The molecule has 0 saturated carbocycles. The summed E-state index contributed by atoms with van der Waals surface area (Å²) in [4.78, 5) is 37.9. The number of nitrogens with one attached hydrogen (secondary N) is 2. The lowest BCUT2D eigenvalue weighted by Gasteiger charge is -2.17. The Balaban J connectivity index is 1.75. The highest BCUT2D eigenvalue weighted by molar-refractivity contribution is 6.42. The lowest BCUT2D eigenvalue weighted by Crippen LogP contribution is -2.47. The first-order valence-corrected chi connectivity index (χ1v) is 8.74. The van der Waals surface area contributed by atoms with Gasteiger partial charge in [-0.15, -0.1) is 0 Å². The number of hydrogen-bond donors (Lipinski definition) is 3. The average molecular weight is 408 g/mol. The minimum Gasteiger partial charge on any atom is -0.481 e. The van der Waals surface area contributed by atoms with Gasteiger partial charge in [0.25, 0.3) is 5.91 Å². The second-order valence-electron chi connectivity index (χ2n) is 5.93. The minimum absolute atomic E-state index is 0.0318. The first-order chi connectivity index (χ1) is 12.9. The number of carboxylic acids is 1. The lowest BCUT2D eigenvalue weighted by atomic mass is 10.0. The van der Waals surface area contributed by atoms with Crippen LogP contribution in [0.15, 0.2) is 48.5 Å². The van der Waals surface area contributed by atoms with Crippen LogP contribution in [0.3, 0.4) is 0 Å². The predicted molar refractivity (Wildman–Crippen MR) is 102 cm³/mol. The van der Waals surface area contributed by atoms with Crippen molar-refractivity contribution in [1.82, 2.24) is 5.32 Å². The molecule has 1 saturated heterocycles. The van der Waals surface area contributed by atoms with Crippen molar-refractivity contribution >= 4 is 52.5 Å². The minimum atomic E-state index is -1.19. The van der Waals surface area contributed by atoms with Gasteiger partial charge in [0.15, 0.2) is 0 Å². The second kappa shape index (κ2) is 7.85. The van der Waals surface area contributed by atoms with Crippen LogP contribution < -0.4 is 15.5 Å². The molecule has 3 N–H and O–H groups in total. The van der Waals surface area contributed by atoms with E-state index in [1.165, 1.54) is 23.1 Å². The molecule has 1 aliphatic rings. The first kappa shape index (κ1) is 19.0. The SMILES string of the molecule is O=C(Nc1ccc(Cl)c(Cl)c1)N[C@@H]1C(=O)N(c2ccccc2)C[C@H]1C(=O)O. The molecule has 3 rings (SSSR count). The number of benzene rings is 2. The smallest absolute Gasteiger partial charge is 0.319 e. The van der Waals surface area contributed by atoms with Crippen LogP contribution in [0.4, 0.5) is 16.2 Å². The first-order valence-electron chi connectivity index (χ1n) is 7.98. The molecule has 1 heterocycles. The van der Waals surface area contributed by atoms with Crippen LogP contribution in [0.1, 0.15) is 0 Å². The lowest BCUT2D eigenvalue weighted by molar-refractivity contribution is -0.142. The Morgan fingerprint density at radius 1 is 1.07 bits per heavy atom. The van der Waals surface area contributed by atoms with E-state index in [9.17, 15) is 19.5 Å². The Hall–Kier alpha value is -2.77. The number of carboxylic acid groups (broad SMARTS) is 1. The van der Waals surface area contributed by atoms with Crippen molar-refractivity contribution in [3.8, 4) is 0 Å². The summed E-state index contributed by atoms with van der Waals surface area (Å²) in [5.74, 6) is -2.73. The molecular weight excluding hydrogens is 393 g/mol. The van der Waals surface area contributed by atoms with Gasteiger partial charge in [-0.05, 0) is 30.3 Å². The standard InChI is InChI=1S/C18H15Cl2N3O4/c19-13-7-6-10(8-14(13)20)21-18(27)22-15-12(17(25)26)9-23(16(15)24)11-4-2-1-3-5-11/h1-8,12,15H,9H2,(H,25,26)(H2,21,22,27)/t12-,15+/m1/s1. The predicted octanol–water partition coefficient (Wildman–Crippen LogP) is 3.23.